The van der Waals surface area contributed by atoms with Crippen LogP contribution in [-0.4, -0.2) is 48.8 Å². The number of ether oxygens (including phenoxy) is 1. The number of aliphatic hydroxyl groups excluding tert-OH is 1. The second-order valence-corrected chi connectivity index (χ2v) is 5.32. The summed E-state index contributed by atoms with van der Waals surface area (Å²) in [5, 5.41) is 9.11. The quantitative estimate of drug-likeness (QED) is 0.401. The van der Waals surface area contributed by atoms with E-state index in [1.165, 1.54) is 0 Å². The molecule has 1 heterocycles. The molecule has 0 spiro atoms. The van der Waals surface area contributed by atoms with Gasteiger partial charge in [-0.15, -0.1) is 0 Å². The van der Waals surface area contributed by atoms with Crippen molar-refractivity contribution in [1.29, 1.82) is 0 Å². The molecule has 1 aliphatic heterocycles. The Kier molecular flexibility index (Phi) is 5.98. The molecule has 1 aromatic rings. The van der Waals surface area contributed by atoms with Crippen LogP contribution in [0.15, 0.2) is 24.3 Å². The van der Waals surface area contributed by atoms with Gasteiger partial charge in [0.25, 0.3) is 5.91 Å². The van der Waals surface area contributed by atoms with Crippen molar-refractivity contribution in [2.75, 3.05) is 32.8 Å². The number of hydrazine groups is 1. The van der Waals surface area contributed by atoms with E-state index >= 15 is 0 Å². The van der Waals surface area contributed by atoms with E-state index in [4.69, 9.17) is 15.7 Å². The zero-order valence-corrected chi connectivity index (χ0v) is 12.1. The molecule has 21 heavy (non-hydrogen) atoms. The number of benzene rings is 1. The molecular weight excluding hydrogens is 270 g/mol. The molecule has 0 saturated carbocycles. The standard InChI is InChI=1S/C15H23N3O3/c16-17-15(20)13-2-1-3-14(10-13)21-9-8-18-6-4-12(11-19)5-7-18/h1-3,10,12,19H,4-9,11,16H2,(H,17,20). The van der Waals surface area contributed by atoms with Gasteiger partial charge in [-0.3, -0.25) is 15.1 Å². The van der Waals surface area contributed by atoms with Crippen LogP contribution in [0.1, 0.15) is 23.2 Å². The van der Waals surface area contributed by atoms with Crippen molar-refractivity contribution >= 4 is 5.91 Å². The predicted octanol–water partition coefficient (Wildman–Crippen LogP) is 0.373. The van der Waals surface area contributed by atoms with E-state index in [0.717, 1.165) is 32.5 Å². The van der Waals surface area contributed by atoms with Crippen molar-refractivity contribution in [3.8, 4) is 5.75 Å². The Balaban J connectivity index is 1.75. The van der Waals surface area contributed by atoms with E-state index in [1.807, 2.05) is 6.07 Å². The highest BCUT2D eigenvalue weighted by molar-refractivity contribution is 5.94. The zero-order valence-electron chi connectivity index (χ0n) is 12.1. The van der Waals surface area contributed by atoms with E-state index in [0.29, 0.717) is 30.4 Å². The van der Waals surface area contributed by atoms with Crippen LogP contribution >= 0.6 is 0 Å². The second kappa shape index (κ2) is 7.97. The Morgan fingerprint density at radius 2 is 2.19 bits per heavy atom. The van der Waals surface area contributed by atoms with Crippen LogP contribution in [0.5, 0.6) is 5.75 Å². The first-order valence-electron chi connectivity index (χ1n) is 7.30. The topological polar surface area (TPSA) is 87.8 Å². The van der Waals surface area contributed by atoms with E-state index in [1.54, 1.807) is 18.2 Å². The van der Waals surface area contributed by atoms with Crippen molar-refractivity contribution in [3.05, 3.63) is 29.8 Å². The van der Waals surface area contributed by atoms with Crippen LogP contribution in [0.4, 0.5) is 0 Å². The number of nitrogens with one attached hydrogen (secondary N) is 1. The fourth-order valence-electron chi connectivity index (χ4n) is 2.50. The number of amides is 1. The Labute approximate surface area is 124 Å². The van der Waals surface area contributed by atoms with Gasteiger partial charge in [0.2, 0.25) is 0 Å². The monoisotopic (exact) mass is 293 g/mol. The summed E-state index contributed by atoms with van der Waals surface area (Å²) in [6, 6.07) is 6.97. The number of hydrogen-bond donors (Lipinski definition) is 3. The summed E-state index contributed by atoms with van der Waals surface area (Å²) >= 11 is 0. The third-order valence-corrected chi connectivity index (χ3v) is 3.87. The van der Waals surface area contributed by atoms with Gasteiger partial charge < -0.3 is 9.84 Å². The lowest BCUT2D eigenvalue weighted by Crippen LogP contribution is -2.37. The smallest absolute Gasteiger partial charge is 0.265 e. The number of piperidine rings is 1. The minimum Gasteiger partial charge on any atom is -0.492 e. The number of aliphatic hydroxyl groups is 1. The predicted molar refractivity (Wildman–Crippen MR) is 79.8 cm³/mol. The van der Waals surface area contributed by atoms with Gasteiger partial charge in [0, 0.05) is 18.7 Å². The first-order chi connectivity index (χ1) is 10.2. The largest absolute Gasteiger partial charge is 0.492 e. The Morgan fingerprint density at radius 1 is 1.43 bits per heavy atom. The number of hydrogen-bond acceptors (Lipinski definition) is 5. The second-order valence-electron chi connectivity index (χ2n) is 5.32. The van der Waals surface area contributed by atoms with E-state index in [-0.39, 0.29) is 5.91 Å². The average molecular weight is 293 g/mol. The van der Waals surface area contributed by atoms with Gasteiger partial charge in [0.15, 0.2) is 0 Å². The molecule has 0 aromatic heterocycles. The van der Waals surface area contributed by atoms with Crippen LogP contribution in [0.25, 0.3) is 0 Å². The molecule has 1 aromatic carbocycles. The van der Waals surface area contributed by atoms with Crippen molar-refractivity contribution in [3.63, 3.8) is 0 Å². The van der Waals surface area contributed by atoms with Gasteiger partial charge in [-0.2, -0.15) is 0 Å². The van der Waals surface area contributed by atoms with Crippen LogP contribution in [-0.2, 0) is 0 Å². The highest BCUT2D eigenvalue weighted by Crippen LogP contribution is 2.17. The fourth-order valence-corrected chi connectivity index (χ4v) is 2.50. The fraction of sp³-hybridized carbons (Fsp3) is 0.533. The lowest BCUT2D eigenvalue weighted by atomic mass is 9.98. The minimum absolute atomic E-state index is 0.292. The SMILES string of the molecule is NNC(=O)c1cccc(OCCN2CCC(CO)CC2)c1. The average Bonchev–Trinajstić information content (AvgIpc) is 2.55. The number of nitrogens with two attached hydrogens (primary N) is 1. The van der Waals surface area contributed by atoms with Gasteiger partial charge in [0.05, 0.1) is 0 Å². The maximum Gasteiger partial charge on any atom is 0.265 e. The molecule has 0 aliphatic carbocycles. The van der Waals surface area contributed by atoms with Gasteiger partial charge in [-0.25, -0.2) is 5.84 Å². The maximum atomic E-state index is 11.4. The summed E-state index contributed by atoms with van der Waals surface area (Å²) < 4.78 is 5.69. The summed E-state index contributed by atoms with van der Waals surface area (Å²) in [4.78, 5) is 13.8. The molecule has 2 rings (SSSR count). The molecule has 1 amide bonds. The van der Waals surface area contributed by atoms with Crippen LogP contribution in [0.2, 0.25) is 0 Å². The van der Waals surface area contributed by atoms with Crippen molar-refractivity contribution < 1.29 is 14.6 Å². The zero-order chi connectivity index (χ0) is 15.1. The molecule has 116 valence electrons. The Hall–Kier alpha value is -1.63. The molecule has 4 N–H and O–H groups in total. The Bertz CT molecular complexity index is 459. The Morgan fingerprint density at radius 3 is 2.86 bits per heavy atom. The molecule has 6 nitrogen and oxygen atoms in total. The highest BCUT2D eigenvalue weighted by Gasteiger charge is 2.17. The molecule has 1 fully saturated rings. The van der Waals surface area contributed by atoms with Crippen molar-refractivity contribution in [2.45, 2.75) is 12.8 Å². The number of carbonyl (C=O) groups is 1. The van der Waals surface area contributed by atoms with Crippen molar-refractivity contribution in [2.24, 2.45) is 11.8 Å². The number of likely N-dealkylation sites (tertiary alicyclic amines) is 1. The van der Waals surface area contributed by atoms with Crippen molar-refractivity contribution in [1.82, 2.24) is 10.3 Å². The number of carbonyl (C=O) groups excluding carboxylic acids is 1. The van der Waals surface area contributed by atoms with E-state index in [9.17, 15) is 4.79 Å². The molecule has 0 radical (unpaired) electrons. The first kappa shape index (κ1) is 15.8. The minimum atomic E-state index is -0.327. The van der Waals surface area contributed by atoms with E-state index in [2.05, 4.69) is 10.3 Å². The molecule has 0 unspecified atom stereocenters. The first-order valence-corrected chi connectivity index (χ1v) is 7.30. The number of nitrogens with zero attached hydrogens (tertiary/aromatic N) is 1. The van der Waals surface area contributed by atoms with Crippen LogP contribution in [0, 0.1) is 5.92 Å². The highest BCUT2D eigenvalue weighted by atomic mass is 16.5. The van der Waals surface area contributed by atoms with Gasteiger partial charge in [0.1, 0.15) is 12.4 Å². The van der Waals surface area contributed by atoms with Gasteiger partial charge in [-0.05, 0) is 50.0 Å². The summed E-state index contributed by atoms with van der Waals surface area (Å²) in [6.07, 6.45) is 2.09. The molecule has 1 aliphatic rings. The van der Waals surface area contributed by atoms with Gasteiger partial charge >= 0.3 is 0 Å². The number of rotatable bonds is 6. The number of nitrogen functional groups attached to an aromatic ring is 1. The molecule has 1 saturated heterocycles. The van der Waals surface area contributed by atoms with Gasteiger partial charge in [-0.1, -0.05) is 6.07 Å². The molecule has 0 atom stereocenters. The maximum absolute atomic E-state index is 11.4. The molecule has 0 bridgehead atoms. The molecular formula is C15H23N3O3. The lowest BCUT2D eigenvalue weighted by molar-refractivity contribution is 0.0952. The third kappa shape index (κ3) is 4.70. The normalized spacial score (nSPS) is 16.7. The summed E-state index contributed by atoms with van der Waals surface area (Å²) in [5.74, 6) is 5.90. The molecule has 6 heteroatoms. The summed E-state index contributed by atoms with van der Waals surface area (Å²) in [5.41, 5.74) is 2.59. The summed E-state index contributed by atoms with van der Waals surface area (Å²) in [6.45, 7) is 3.73. The lowest BCUT2D eigenvalue weighted by Gasteiger charge is -2.30. The summed E-state index contributed by atoms with van der Waals surface area (Å²) in [7, 11) is 0. The van der Waals surface area contributed by atoms with Crippen LogP contribution < -0.4 is 16.0 Å². The van der Waals surface area contributed by atoms with E-state index < -0.39 is 0 Å². The van der Waals surface area contributed by atoms with Crippen LogP contribution in [0.3, 0.4) is 0 Å². The third-order valence-electron chi connectivity index (χ3n) is 3.87.